The van der Waals surface area contributed by atoms with Gasteiger partial charge in [0.15, 0.2) is 6.19 Å². The summed E-state index contributed by atoms with van der Waals surface area (Å²) in [5.74, 6) is -0.459. The number of benzene rings is 1. The molecule has 2 saturated heterocycles. The number of fused-ring (bicyclic) bond motifs is 2. The van der Waals surface area contributed by atoms with Crippen molar-refractivity contribution in [2.45, 2.75) is 37.4 Å². The number of nitrogens with zero attached hydrogens (tertiary/aromatic N) is 3. The van der Waals surface area contributed by atoms with Crippen molar-refractivity contribution >= 4 is 17.5 Å². The van der Waals surface area contributed by atoms with Gasteiger partial charge in [-0.1, -0.05) is 6.07 Å². The van der Waals surface area contributed by atoms with E-state index >= 15 is 0 Å². The summed E-state index contributed by atoms with van der Waals surface area (Å²) in [7, 11) is 0. The zero-order chi connectivity index (χ0) is 18.8. The summed E-state index contributed by atoms with van der Waals surface area (Å²) < 4.78 is 0. The maximum Gasteiger partial charge on any atom is 0.274 e. The minimum absolute atomic E-state index is 0.0134. The summed E-state index contributed by atoms with van der Waals surface area (Å²) in [4.78, 5) is 30.5. The molecule has 4 rings (SSSR count). The maximum absolute atomic E-state index is 12.5. The molecule has 1 aromatic heterocycles. The zero-order valence-electron chi connectivity index (χ0n) is 14.6. The normalized spacial score (nSPS) is 22.9. The van der Waals surface area contributed by atoms with E-state index in [1.165, 1.54) is 0 Å². The second-order valence-corrected chi connectivity index (χ2v) is 6.87. The number of pyridine rings is 1. The van der Waals surface area contributed by atoms with E-state index in [1.54, 1.807) is 48.7 Å². The van der Waals surface area contributed by atoms with Gasteiger partial charge in [0.25, 0.3) is 11.8 Å². The smallest absolute Gasteiger partial charge is 0.274 e. The van der Waals surface area contributed by atoms with E-state index < -0.39 is 0 Å². The molecule has 2 N–H and O–H groups in total. The topological polar surface area (TPSA) is 98.1 Å². The summed E-state index contributed by atoms with van der Waals surface area (Å²) >= 11 is 0. The average Bonchev–Trinajstić information content (AvgIpc) is 3.25. The fourth-order valence-electron chi connectivity index (χ4n) is 3.95. The number of anilines is 1. The fraction of sp³-hybridized carbons (Fsp3) is 0.300. The van der Waals surface area contributed by atoms with Gasteiger partial charge >= 0.3 is 0 Å². The molecule has 2 aliphatic heterocycles. The van der Waals surface area contributed by atoms with E-state index in [0.29, 0.717) is 16.9 Å². The third-order valence-electron chi connectivity index (χ3n) is 5.27. The van der Waals surface area contributed by atoms with Crippen LogP contribution in [0.3, 0.4) is 0 Å². The predicted molar refractivity (Wildman–Crippen MR) is 98.8 cm³/mol. The SMILES string of the molecule is N#CN1[C@H]2CC[C@@H]1[C@H](NC(=O)c1ccc(NC(=O)c3ccccn3)cc1)C2. The Bertz CT molecular complexity index is 891. The maximum atomic E-state index is 12.5. The highest BCUT2D eigenvalue weighted by Gasteiger charge is 2.46. The lowest BCUT2D eigenvalue weighted by molar-refractivity contribution is 0.0928. The fourth-order valence-corrected chi connectivity index (χ4v) is 3.95. The van der Waals surface area contributed by atoms with Crippen molar-refractivity contribution in [3.8, 4) is 6.19 Å². The van der Waals surface area contributed by atoms with E-state index in [2.05, 4.69) is 21.8 Å². The molecule has 0 spiro atoms. The van der Waals surface area contributed by atoms with E-state index in [0.717, 1.165) is 19.3 Å². The average molecular weight is 361 g/mol. The van der Waals surface area contributed by atoms with Crippen molar-refractivity contribution in [3.05, 3.63) is 59.9 Å². The first-order valence-electron chi connectivity index (χ1n) is 8.97. The lowest BCUT2D eigenvalue weighted by Crippen LogP contribution is -2.43. The molecule has 0 aliphatic carbocycles. The standard InChI is InChI=1S/C20H19N5O2/c21-12-25-15-8-9-18(25)17(11-15)24-19(26)13-4-6-14(7-5-13)23-20(27)16-3-1-2-10-22-16/h1-7,10,15,17-18H,8-9,11H2,(H,23,27)(H,24,26)/t15-,17+,18+/m0/s1. The highest BCUT2D eigenvalue weighted by molar-refractivity contribution is 6.03. The number of rotatable bonds is 4. The zero-order valence-corrected chi connectivity index (χ0v) is 14.6. The molecule has 2 aromatic rings. The van der Waals surface area contributed by atoms with Gasteiger partial charge in [-0.15, -0.1) is 0 Å². The van der Waals surface area contributed by atoms with E-state index in [4.69, 9.17) is 0 Å². The molecule has 2 aliphatic rings. The summed E-state index contributed by atoms with van der Waals surface area (Å²) in [6, 6.07) is 12.3. The van der Waals surface area contributed by atoms with Gasteiger partial charge in [0.1, 0.15) is 5.69 Å². The van der Waals surface area contributed by atoms with Gasteiger partial charge in [-0.2, -0.15) is 5.26 Å². The van der Waals surface area contributed by atoms with E-state index in [9.17, 15) is 14.9 Å². The van der Waals surface area contributed by atoms with Gasteiger partial charge in [0.2, 0.25) is 0 Å². The number of amides is 2. The van der Waals surface area contributed by atoms with Gasteiger partial charge in [0.05, 0.1) is 12.1 Å². The van der Waals surface area contributed by atoms with Crippen molar-refractivity contribution in [1.29, 1.82) is 5.26 Å². The summed E-state index contributed by atoms with van der Waals surface area (Å²) in [6.07, 6.45) is 6.60. The molecule has 0 radical (unpaired) electrons. The van der Waals surface area contributed by atoms with E-state index in [1.807, 2.05) is 4.90 Å². The van der Waals surface area contributed by atoms with Gasteiger partial charge < -0.3 is 15.5 Å². The minimum atomic E-state index is -0.300. The predicted octanol–water partition coefficient (Wildman–Crippen LogP) is 2.15. The van der Waals surface area contributed by atoms with E-state index in [-0.39, 0.29) is 29.9 Å². The molecule has 7 nitrogen and oxygen atoms in total. The van der Waals surface area contributed by atoms with Crippen LogP contribution in [-0.2, 0) is 0 Å². The number of hydrogen-bond acceptors (Lipinski definition) is 5. The molecule has 2 bridgehead atoms. The molecule has 0 unspecified atom stereocenters. The Morgan fingerprint density at radius 3 is 2.59 bits per heavy atom. The number of carbonyl (C=O) groups excluding carboxylic acids is 2. The van der Waals surface area contributed by atoms with Crippen LogP contribution in [-0.4, -0.2) is 39.8 Å². The number of hydrogen-bond donors (Lipinski definition) is 2. The van der Waals surface area contributed by atoms with Crippen molar-refractivity contribution in [2.24, 2.45) is 0 Å². The molecular weight excluding hydrogens is 342 g/mol. The Morgan fingerprint density at radius 2 is 1.93 bits per heavy atom. The highest BCUT2D eigenvalue weighted by atomic mass is 16.2. The third-order valence-corrected chi connectivity index (χ3v) is 5.27. The number of aromatic nitrogens is 1. The van der Waals surface area contributed by atoms with Crippen LogP contribution >= 0.6 is 0 Å². The van der Waals surface area contributed by atoms with Crippen LogP contribution in [0.2, 0.25) is 0 Å². The number of nitriles is 1. The number of carbonyl (C=O) groups is 2. The monoisotopic (exact) mass is 361 g/mol. The Hall–Kier alpha value is -3.40. The van der Waals surface area contributed by atoms with Crippen molar-refractivity contribution < 1.29 is 9.59 Å². The number of nitrogens with one attached hydrogen (secondary N) is 2. The first-order valence-corrected chi connectivity index (χ1v) is 8.97. The van der Waals surface area contributed by atoms with Crippen molar-refractivity contribution in [2.75, 3.05) is 5.32 Å². The highest BCUT2D eigenvalue weighted by Crippen LogP contribution is 2.37. The molecule has 0 saturated carbocycles. The van der Waals surface area contributed by atoms with Crippen molar-refractivity contribution in [3.63, 3.8) is 0 Å². The second-order valence-electron chi connectivity index (χ2n) is 6.87. The van der Waals surface area contributed by atoms with Crippen LogP contribution in [0.15, 0.2) is 48.7 Å². The van der Waals surface area contributed by atoms with Crippen LogP contribution in [0, 0.1) is 11.5 Å². The minimum Gasteiger partial charge on any atom is -0.347 e. The van der Waals surface area contributed by atoms with Gasteiger partial charge in [-0.25, -0.2) is 0 Å². The van der Waals surface area contributed by atoms with Crippen LogP contribution in [0.4, 0.5) is 5.69 Å². The first kappa shape index (κ1) is 17.0. The molecular formula is C20H19N5O2. The Labute approximate surface area is 157 Å². The summed E-state index contributed by atoms with van der Waals surface area (Å²) in [5.41, 5.74) is 1.45. The molecule has 27 heavy (non-hydrogen) atoms. The summed E-state index contributed by atoms with van der Waals surface area (Å²) in [5, 5.41) is 15.0. The molecule has 2 fully saturated rings. The Kier molecular flexibility index (Phi) is 4.47. The van der Waals surface area contributed by atoms with Crippen molar-refractivity contribution in [1.82, 2.24) is 15.2 Å². The quantitative estimate of drug-likeness (QED) is 0.813. The van der Waals surface area contributed by atoms with Gasteiger partial charge in [0, 0.05) is 23.5 Å². The molecule has 2 amide bonds. The Balaban J connectivity index is 1.37. The van der Waals surface area contributed by atoms with Crippen LogP contribution < -0.4 is 10.6 Å². The van der Waals surface area contributed by atoms with Gasteiger partial charge in [-0.05, 0) is 55.7 Å². The largest absolute Gasteiger partial charge is 0.347 e. The molecule has 3 heterocycles. The molecule has 7 heteroatoms. The third kappa shape index (κ3) is 3.34. The molecule has 136 valence electrons. The Morgan fingerprint density at radius 1 is 1.11 bits per heavy atom. The second kappa shape index (κ2) is 7.08. The van der Waals surface area contributed by atoms with Crippen LogP contribution in [0.1, 0.15) is 40.1 Å². The lowest BCUT2D eigenvalue weighted by atomic mass is 9.95. The molecule has 1 aromatic carbocycles. The van der Waals surface area contributed by atoms with Crippen LogP contribution in [0.25, 0.3) is 0 Å². The van der Waals surface area contributed by atoms with Gasteiger partial charge in [-0.3, -0.25) is 14.6 Å². The molecule has 3 atom stereocenters. The first-order chi connectivity index (χ1) is 13.2. The lowest BCUT2D eigenvalue weighted by Gasteiger charge is -2.21. The summed E-state index contributed by atoms with van der Waals surface area (Å²) in [6.45, 7) is 0. The van der Waals surface area contributed by atoms with Crippen LogP contribution in [0.5, 0.6) is 0 Å².